The number of hydrogen-bond donors (Lipinski definition) is 3. The van der Waals surface area contributed by atoms with Gasteiger partial charge in [-0.3, -0.25) is 14.4 Å². The van der Waals surface area contributed by atoms with Crippen molar-refractivity contribution in [3.05, 3.63) is 149 Å². The Morgan fingerprint density at radius 2 is 1.28 bits per heavy atom. The van der Waals surface area contributed by atoms with Gasteiger partial charge < -0.3 is 20.5 Å². The molecule has 3 N–H and O–H groups in total. The van der Waals surface area contributed by atoms with Gasteiger partial charge in [-0.2, -0.15) is 13.2 Å². The summed E-state index contributed by atoms with van der Waals surface area (Å²) in [5.74, 6) is -2.16. The van der Waals surface area contributed by atoms with Crippen LogP contribution in [-0.4, -0.2) is 22.9 Å². The molecule has 0 saturated heterocycles. The van der Waals surface area contributed by atoms with Crippen molar-refractivity contribution in [1.29, 1.82) is 0 Å². The predicted octanol–water partition coefficient (Wildman–Crippen LogP) is 9.66. The van der Waals surface area contributed by atoms with E-state index in [4.69, 9.17) is 4.74 Å². The van der Waals surface area contributed by atoms with Crippen molar-refractivity contribution in [1.82, 2.24) is 5.32 Å². The van der Waals surface area contributed by atoms with E-state index in [1.807, 2.05) is 54.6 Å². The van der Waals surface area contributed by atoms with Gasteiger partial charge in [0.25, 0.3) is 11.8 Å². The van der Waals surface area contributed by atoms with Gasteiger partial charge in [0.05, 0.1) is 29.3 Å². The number of hydrogen-bond acceptors (Lipinski definition) is 4. The fraction of sp³-hybridized carbons (Fsp3) is 0.175. The fourth-order valence-corrected chi connectivity index (χ4v) is 5.25. The standard InChI is InChI=1S/C40H35F3N2O5/c1-39(2,3)29-15-13-28(14-16-29)37(48)44-34-22-21-32(50-31-19-17-30(18-20-31)40(41,42)43)23-33(34)38(49)45-35(24-36(46)47)27-11-9-26(10-12-27)25-7-5-4-6-8-25/h4-23,35H,24H2,1-3H3,(H,44,48)(H,45,49)(H,46,47). The molecule has 0 spiro atoms. The van der Waals surface area contributed by atoms with Crippen molar-refractivity contribution < 1.29 is 37.4 Å². The molecule has 5 rings (SSSR count). The zero-order valence-electron chi connectivity index (χ0n) is 27.5. The summed E-state index contributed by atoms with van der Waals surface area (Å²) in [6.45, 7) is 6.16. The Hall–Kier alpha value is -5.90. The van der Waals surface area contributed by atoms with Gasteiger partial charge in [0.1, 0.15) is 11.5 Å². The van der Waals surface area contributed by atoms with Gasteiger partial charge in [-0.15, -0.1) is 0 Å². The second-order valence-corrected chi connectivity index (χ2v) is 12.7. The van der Waals surface area contributed by atoms with Crippen LogP contribution in [0.5, 0.6) is 11.5 Å². The lowest BCUT2D eigenvalue weighted by Crippen LogP contribution is -2.31. The molecular weight excluding hydrogens is 645 g/mol. The average Bonchev–Trinajstić information content (AvgIpc) is 3.08. The minimum absolute atomic E-state index is 0.0506. The van der Waals surface area contributed by atoms with E-state index in [1.165, 1.54) is 18.2 Å². The lowest BCUT2D eigenvalue weighted by Gasteiger charge is -2.20. The molecule has 10 heteroatoms. The van der Waals surface area contributed by atoms with Crippen LogP contribution in [-0.2, 0) is 16.4 Å². The second-order valence-electron chi connectivity index (χ2n) is 12.7. The number of alkyl halides is 3. The Kier molecular flexibility index (Phi) is 10.4. The molecule has 1 unspecified atom stereocenters. The molecule has 0 aliphatic heterocycles. The first kappa shape index (κ1) is 35.4. The van der Waals surface area contributed by atoms with Crippen molar-refractivity contribution in [3.8, 4) is 22.6 Å². The molecule has 0 bridgehead atoms. The number of carbonyl (C=O) groups excluding carboxylic acids is 2. The van der Waals surface area contributed by atoms with E-state index in [0.717, 1.165) is 41.0 Å². The van der Waals surface area contributed by atoms with Crippen molar-refractivity contribution in [2.75, 3.05) is 5.32 Å². The van der Waals surface area contributed by atoms with Crippen LogP contribution < -0.4 is 15.4 Å². The minimum atomic E-state index is -4.52. The molecule has 5 aromatic carbocycles. The van der Waals surface area contributed by atoms with E-state index in [0.29, 0.717) is 11.1 Å². The maximum atomic E-state index is 13.9. The number of ether oxygens (including phenoxy) is 1. The molecule has 0 radical (unpaired) electrons. The van der Waals surface area contributed by atoms with Gasteiger partial charge in [0.15, 0.2) is 0 Å². The molecule has 0 fully saturated rings. The van der Waals surface area contributed by atoms with Crippen molar-refractivity contribution in [3.63, 3.8) is 0 Å². The van der Waals surface area contributed by atoms with Crippen LogP contribution in [0.3, 0.4) is 0 Å². The summed E-state index contributed by atoms with van der Waals surface area (Å²) in [5, 5.41) is 15.3. The Bertz CT molecular complexity index is 1970. The van der Waals surface area contributed by atoms with Gasteiger partial charge in [-0.25, -0.2) is 0 Å². The zero-order valence-corrected chi connectivity index (χ0v) is 27.5. The number of carbonyl (C=O) groups is 3. The summed E-state index contributed by atoms with van der Waals surface area (Å²) in [6, 6.07) is 31.2. The van der Waals surface area contributed by atoms with E-state index >= 15 is 0 Å². The monoisotopic (exact) mass is 680 g/mol. The molecule has 50 heavy (non-hydrogen) atoms. The van der Waals surface area contributed by atoms with Crippen LogP contribution in [0.2, 0.25) is 0 Å². The number of rotatable bonds is 10. The second kappa shape index (κ2) is 14.7. The molecule has 0 aliphatic rings. The van der Waals surface area contributed by atoms with Crippen LogP contribution in [0.4, 0.5) is 18.9 Å². The molecule has 0 heterocycles. The highest BCUT2D eigenvalue weighted by atomic mass is 19.4. The Morgan fingerprint density at radius 3 is 1.86 bits per heavy atom. The number of halogens is 3. The fourth-order valence-electron chi connectivity index (χ4n) is 5.25. The van der Waals surface area contributed by atoms with Crippen LogP contribution in [0, 0.1) is 0 Å². The van der Waals surface area contributed by atoms with Crippen molar-refractivity contribution in [2.45, 2.75) is 44.8 Å². The molecule has 0 aromatic heterocycles. The maximum absolute atomic E-state index is 13.9. The summed E-state index contributed by atoms with van der Waals surface area (Å²) >= 11 is 0. The van der Waals surface area contributed by atoms with E-state index in [-0.39, 0.29) is 28.2 Å². The number of carboxylic acids is 1. The Morgan fingerprint density at radius 1 is 0.700 bits per heavy atom. The normalized spacial score (nSPS) is 12.1. The quantitative estimate of drug-likeness (QED) is 0.136. The smallest absolute Gasteiger partial charge is 0.416 e. The minimum Gasteiger partial charge on any atom is -0.481 e. The van der Waals surface area contributed by atoms with E-state index in [1.54, 1.807) is 24.3 Å². The van der Waals surface area contributed by atoms with Crippen LogP contribution >= 0.6 is 0 Å². The highest BCUT2D eigenvalue weighted by Gasteiger charge is 2.30. The predicted molar refractivity (Wildman–Crippen MR) is 185 cm³/mol. The summed E-state index contributed by atoms with van der Waals surface area (Å²) in [6.07, 6.45) is -4.95. The highest BCUT2D eigenvalue weighted by molar-refractivity contribution is 6.09. The van der Waals surface area contributed by atoms with Gasteiger partial charge >= 0.3 is 12.1 Å². The molecular formula is C40H35F3N2O5. The Labute approximate surface area is 287 Å². The SMILES string of the molecule is CC(C)(C)c1ccc(C(=O)Nc2ccc(Oc3ccc(C(F)(F)F)cc3)cc2C(=O)NC(CC(=O)O)c2ccc(-c3ccccc3)cc2)cc1. The van der Waals surface area contributed by atoms with Crippen LogP contribution in [0.25, 0.3) is 11.1 Å². The van der Waals surface area contributed by atoms with Gasteiger partial charge in [0, 0.05) is 5.56 Å². The first-order chi connectivity index (χ1) is 23.7. The largest absolute Gasteiger partial charge is 0.481 e. The average molecular weight is 681 g/mol. The number of carboxylic acid groups (broad SMARTS) is 1. The molecule has 0 saturated carbocycles. The van der Waals surface area contributed by atoms with E-state index in [9.17, 15) is 32.7 Å². The first-order valence-electron chi connectivity index (χ1n) is 15.8. The first-order valence-corrected chi connectivity index (χ1v) is 15.8. The molecule has 256 valence electrons. The lowest BCUT2D eigenvalue weighted by atomic mass is 9.86. The zero-order chi connectivity index (χ0) is 36.1. The summed E-state index contributed by atoms with van der Waals surface area (Å²) < 4.78 is 45.0. The molecule has 1 atom stereocenters. The third kappa shape index (κ3) is 8.96. The van der Waals surface area contributed by atoms with Gasteiger partial charge in [0.2, 0.25) is 0 Å². The maximum Gasteiger partial charge on any atom is 0.416 e. The third-order valence-electron chi connectivity index (χ3n) is 8.02. The summed E-state index contributed by atoms with van der Waals surface area (Å²) in [7, 11) is 0. The number of amides is 2. The van der Waals surface area contributed by atoms with Crippen molar-refractivity contribution in [2.24, 2.45) is 0 Å². The highest BCUT2D eigenvalue weighted by Crippen LogP contribution is 2.33. The van der Waals surface area contributed by atoms with E-state index in [2.05, 4.69) is 31.4 Å². The molecule has 7 nitrogen and oxygen atoms in total. The number of nitrogens with one attached hydrogen (secondary N) is 2. The van der Waals surface area contributed by atoms with Gasteiger partial charge in [-0.05, 0) is 82.3 Å². The van der Waals surface area contributed by atoms with Crippen LogP contribution in [0.1, 0.15) is 70.6 Å². The summed E-state index contributed by atoms with van der Waals surface area (Å²) in [4.78, 5) is 39.1. The lowest BCUT2D eigenvalue weighted by molar-refractivity contribution is -0.138. The van der Waals surface area contributed by atoms with Crippen LogP contribution in [0.15, 0.2) is 121 Å². The molecule has 5 aromatic rings. The number of aliphatic carboxylic acids is 1. The molecule has 0 aliphatic carbocycles. The topological polar surface area (TPSA) is 105 Å². The number of anilines is 1. The van der Waals surface area contributed by atoms with E-state index < -0.39 is 42.0 Å². The Balaban J connectivity index is 1.45. The third-order valence-corrected chi connectivity index (χ3v) is 8.02. The summed E-state index contributed by atoms with van der Waals surface area (Å²) in [5.41, 5.74) is 2.88. The van der Waals surface area contributed by atoms with Gasteiger partial charge in [-0.1, -0.05) is 87.5 Å². The molecule has 2 amide bonds. The van der Waals surface area contributed by atoms with Crippen molar-refractivity contribution >= 4 is 23.5 Å². The number of benzene rings is 5.